The lowest BCUT2D eigenvalue weighted by Crippen LogP contribution is -2.12. The second kappa shape index (κ2) is 9.16. The van der Waals surface area contributed by atoms with Crippen LogP contribution in [-0.4, -0.2) is 17.4 Å². The van der Waals surface area contributed by atoms with E-state index in [9.17, 15) is 4.79 Å². The molecule has 1 amide bonds. The van der Waals surface area contributed by atoms with Crippen molar-refractivity contribution in [1.82, 2.24) is 4.98 Å². The molecule has 0 aliphatic carbocycles. The maximum absolute atomic E-state index is 11.6. The van der Waals surface area contributed by atoms with Gasteiger partial charge in [-0.1, -0.05) is 37.1 Å². The van der Waals surface area contributed by atoms with E-state index in [1.807, 2.05) is 36.4 Å². The molecule has 0 atom stereocenters. The number of nitrogens with zero attached hydrogens (tertiary/aromatic N) is 1. The Hall–Kier alpha value is -2.07. The normalized spacial score (nSPS) is 10.3. The number of nitrogens with one attached hydrogen (secondary N) is 2. The van der Waals surface area contributed by atoms with E-state index in [2.05, 4.69) is 22.5 Å². The Morgan fingerprint density at radius 3 is 2.61 bits per heavy atom. The number of halogens is 1. The highest BCUT2D eigenvalue weighted by molar-refractivity contribution is 6.30. The summed E-state index contributed by atoms with van der Waals surface area (Å²) < 4.78 is 0. The molecule has 1 heterocycles. The molecule has 1 aromatic carbocycles. The van der Waals surface area contributed by atoms with Crippen LogP contribution in [-0.2, 0) is 11.2 Å². The molecule has 2 N–H and O–H groups in total. The van der Waals surface area contributed by atoms with Gasteiger partial charge in [0.1, 0.15) is 5.82 Å². The van der Waals surface area contributed by atoms with Crippen LogP contribution >= 0.6 is 11.6 Å². The predicted molar refractivity (Wildman–Crippen MR) is 96.0 cm³/mol. The first-order valence-corrected chi connectivity index (χ1v) is 8.29. The van der Waals surface area contributed by atoms with Crippen LogP contribution in [0.2, 0.25) is 5.02 Å². The lowest BCUT2D eigenvalue weighted by molar-refractivity contribution is -0.116. The third-order valence-electron chi connectivity index (χ3n) is 3.44. The Morgan fingerprint density at radius 1 is 1.17 bits per heavy atom. The number of hydrogen-bond donors (Lipinski definition) is 2. The van der Waals surface area contributed by atoms with E-state index in [1.54, 1.807) is 6.20 Å². The smallest absolute Gasteiger partial charge is 0.225 e. The standard InChI is InChI=1S/C18H22ClN3O/c1-2-3-4-18(23)22-17-10-9-16(13-21-17)20-12-11-14-5-7-15(19)8-6-14/h5-10,13,20H,2-4,11-12H2,1H3,(H,21,22,23). The maximum Gasteiger partial charge on any atom is 0.225 e. The number of anilines is 2. The molecule has 0 saturated heterocycles. The minimum absolute atomic E-state index is 0.0165. The molecule has 2 aromatic rings. The predicted octanol–water partition coefficient (Wildman–Crippen LogP) is 4.52. The van der Waals surface area contributed by atoms with E-state index in [0.29, 0.717) is 12.2 Å². The van der Waals surface area contributed by atoms with Crippen LogP contribution in [0.1, 0.15) is 31.7 Å². The van der Waals surface area contributed by atoms with Crippen molar-refractivity contribution in [2.75, 3.05) is 17.2 Å². The Balaban J connectivity index is 1.76. The zero-order valence-electron chi connectivity index (χ0n) is 13.3. The molecule has 0 unspecified atom stereocenters. The molecule has 1 aromatic heterocycles. The zero-order valence-corrected chi connectivity index (χ0v) is 14.1. The first-order valence-electron chi connectivity index (χ1n) is 7.91. The number of amides is 1. The topological polar surface area (TPSA) is 54.0 Å². The molecule has 122 valence electrons. The van der Waals surface area contributed by atoms with Crippen molar-refractivity contribution in [3.63, 3.8) is 0 Å². The summed E-state index contributed by atoms with van der Waals surface area (Å²) in [5.74, 6) is 0.608. The van der Waals surface area contributed by atoms with Gasteiger partial charge in [-0.05, 0) is 42.7 Å². The minimum atomic E-state index is 0.0165. The average molecular weight is 332 g/mol. The largest absolute Gasteiger partial charge is 0.383 e. The van der Waals surface area contributed by atoms with Gasteiger partial charge in [-0.15, -0.1) is 0 Å². The van der Waals surface area contributed by atoms with E-state index in [1.165, 1.54) is 5.56 Å². The Kier molecular flexibility index (Phi) is 6.88. The fourth-order valence-corrected chi connectivity index (χ4v) is 2.24. The number of pyridine rings is 1. The Labute approximate surface area is 142 Å². The monoisotopic (exact) mass is 331 g/mol. The summed E-state index contributed by atoms with van der Waals surface area (Å²) in [5.41, 5.74) is 2.17. The van der Waals surface area contributed by atoms with Crippen LogP contribution in [0.3, 0.4) is 0 Å². The summed E-state index contributed by atoms with van der Waals surface area (Å²) in [6.07, 6.45) is 5.09. The summed E-state index contributed by atoms with van der Waals surface area (Å²) in [6.45, 7) is 2.88. The fraction of sp³-hybridized carbons (Fsp3) is 0.333. The van der Waals surface area contributed by atoms with Gasteiger partial charge in [-0.3, -0.25) is 4.79 Å². The van der Waals surface area contributed by atoms with E-state index in [-0.39, 0.29) is 5.91 Å². The summed E-state index contributed by atoms with van der Waals surface area (Å²) in [5, 5.41) is 6.87. The van der Waals surface area contributed by atoms with Gasteiger partial charge in [0.05, 0.1) is 11.9 Å². The van der Waals surface area contributed by atoms with Crippen molar-refractivity contribution < 1.29 is 4.79 Å². The number of hydrogen-bond acceptors (Lipinski definition) is 3. The molecule has 0 aliphatic heterocycles. The van der Waals surface area contributed by atoms with Crippen molar-refractivity contribution in [3.05, 3.63) is 53.2 Å². The number of carbonyl (C=O) groups excluding carboxylic acids is 1. The summed E-state index contributed by atoms with van der Waals surface area (Å²) in [4.78, 5) is 15.9. The SMILES string of the molecule is CCCCC(=O)Nc1ccc(NCCc2ccc(Cl)cc2)cn1. The van der Waals surface area contributed by atoms with Gasteiger partial charge < -0.3 is 10.6 Å². The molecule has 0 aliphatic rings. The zero-order chi connectivity index (χ0) is 16.5. The quantitative estimate of drug-likeness (QED) is 0.747. The number of unbranched alkanes of at least 4 members (excludes halogenated alkanes) is 1. The van der Waals surface area contributed by atoms with Gasteiger partial charge in [0.2, 0.25) is 5.91 Å². The van der Waals surface area contributed by atoms with Crippen molar-refractivity contribution in [1.29, 1.82) is 0 Å². The van der Waals surface area contributed by atoms with E-state index in [0.717, 1.165) is 36.5 Å². The number of aromatic nitrogens is 1. The van der Waals surface area contributed by atoms with Crippen LogP contribution in [0.5, 0.6) is 0 Å². The lowest BCUT2D eigenvalue weighted by atomic mass is 10.1. The molecular formula is C18H22ClN3O. The fourth-order valence-electron chi connectivity index (χ4n) is 2.12. The molecule has 0 bridgehead atoms. The molecule has 5 heteroatoms. The summed E-state index contributed by atoms with van der Waals surface area (Å²) >= 11 is 5.87. The first kappa shape index (κ1) is 17.3. The first-order chi connectivity index (χ1) is 11.2. The molecule has 4 nitrogen and oxygen atoms in total. The molecule has 0 fully saturated rings. The molecule has 0 saturated carbocycles. The van der Waals surface area contributed by atoms with Gasteiger partial charge >= 0.3 is 0 Å². The van der Waals surface area contributed by atoms with Crippen LogP contribution in [0, 0.1) is 0 Å². The van der Waals surface area contributed by atoms with Gasteiger partial charge in [0, 0.05) is 18.0 Å². The van der Waals surface area contributed by atoms with Crippen molar-refractivity contribution >= 4 is 29.0 Å². The number of rotatable bonds is 8. The molecule has 0 spiro atoms. The highest BCUT2D eigenvalue weighted by Crippen LogP contribution is 2.12. The van der Waals surface area contributed by atoms with Crippen molar-refractivity contribution in [2.24, 2.45) is 0 Å². The molecule has 23 heavy (non-hydrogen) atoms. The maximum atomic E-state index is 11.6. The van der Waals surface area contributed by atoms with Crippen LogP contribution in [0.4, 0.5) is 11.5 Å². The molecule has 2 rings (SSSR count). The second-order valence-corrected chi connectivity index (χ2v) is 5.82. The Bertz CT molecular complexity index is 611. The number of carbonyl (C=O) groups is 1. The minimum Gasteiger partial charge on any atom is -0.383 e. The van der Waals surface area contributed by atoms with Crippen molar-refractivity contribution in [3.8, 4) is 0 Å². The Morgan fingerprint density at radius 2 is 1.96 bits per heavy atom. The van der Waals surface area contributed by atoms with Crippen molar-refractivity contribution in [2.45, 2.75) is 32.6 Å². The van der Waals surface area contributed by atoms with Crippen LogP contribution in [0.15, 0.2) is 42.6 Å². The summed E-state index contributed by atoms with van der Waals surface area (Å²) in [6, 6.07) is 11.6. The van der Waals surface area contributed by atoms with Gasteiger partial charge in [0.25, 0.3) is 0 Å². The third kappa shape index (κ3) is 6.28. The highest BCUT2D eigenvalue weighted by atomic mass is 35.5. The van der Waals surface area contributed by atoms with Gasteiger partial charge in [-0.25, -0.2) is 4.98 Å². The van der Waals surface area contributed by atoms with Crippen LogP contribution < -0.4 is 10.6 Å². The van der Waals surface area contributed by atoms with E-state index in [4.69, 9.17) is 11.6 Å². The van der Waals surface area contributed by atoms with E-state index < -0.39 is 0 Å². The lowest BCUT2D eigenvalue weighted by Gasteiger charge is -2.08. The highest BCUT2D eigenvalue weighted by Gasteiger charge is 2.02. The number of benzene rings is 1. The average Bonchev–Trinajstić information content (AvgIpc) is 2.56. The second-order valence-electron chi connectivity index (χ2n) is 5.39. The molecule has 0 radical (unpaired) electrons. The van der Waals surface area contributed by atoms with Gasteiger partial charge in [0.15, 0.2) is 0 Å². The summed E-state index contributed by atoms with van der Waals surface area (Å²) in [7, 11) is 0. The van der Waals surface area contributed by atoms with E-state index >= 15 is 0 Å². The molecular weight excluding hydrogens is 310 g/mol. The third-order valence-corrected chi connectivity index (χ3v) is 3.70. The van der Waals surface area contributed by atoms with Gasteiger partial charge in [-0.2, -0.15) is 0 Å². The van der Waals surface area contributed by atoms with Crippen LogP contribution in [0.25, 0.3) is 0 Å².